The second kappa shape index (κ2) is 7.58. The first kappa shape index (κ1) is 15.2. The maximum atomic E-state index is 11.8. The predicted octanol–water partition coefficient (Wildman–Crippen LogP) is 3.42. The zero-order valence-electron chi connectivity index (χ0n) is 12.6. The van der Waals surface area contributed by atoms with Gasteiger partial charge in [-0.15, -0.1) is 0 Å². The topological polar surface area (TPSA) is 39.2 Å². The van der Waals surface area contributed by atoms with Gasteiger partial charge in [0.05, 0.1) is 13.0 Å². The summed E-state index contributed by atoms with van der Waals surface area (Å²) in [5.41, 5.74) is 4.22. The third-order valence-corrected chi connectivity index (χ3v) is 3.22. The van der Waals surface area contributed by atoms with Crippen LogP contribution in [0.4, 0.5) is 0 Å². The van der Waals surface area contributed by atoms with Gasteiger partial charge in [0.15, 0.2) is 0 Å². The first-order valence-electron chi connectivity index (χ1n) is 7.27. The molecule has 3 nitrogen and oxygen atoms in total. The SMILES string of the molecule is Cc1cccc(CC(=O)OCCCc2cccc(C)n2)c1. The van der Waals surface area contributed by atoms with Crippen molar-refractivity contribution in [3.05, 3.63) is 65.0 Å². The molecule has 0 amide bonds. The average Bonchev–Trinajstić information content (AvgIpc) is 2.44. The number of carbonyl (C=O) groups excluding carboxylic acids is 1. The van der Waals surface area contributed by atoms with Gasteiger partial charge in [-0.25, -0.2) is 0 Å². The molecular formula is C18H21NO2. The van der Waals surface area contributed by atoms with E-state index in [2.05, 4.69) is 4.98 Å². The highest BCUT2D eigenvalue weighted by molar-refractivity contribution is 5.72. The van der Waals surface area contributed by atoms with Gasteiger partial charge in [-0.1, -0.05) is 35.9 Å². The molecule has 0 atom stereocenters. The first-order valence-corrected chi connectivity index (χ1v) is 7.27. The number of hydrogen-bond donors (Lipinski definition) is 0. The smallest absolute Gasteiger partial charge is 0.310 e. The summed E-state index contributed by atoms with van der Waals surface area (Å²) >= 11 is 0. The maximum absolute atomic E-state index is 11.8. The van der Waals surface area contributed by atoms with Crippen molar-refractivity contribution < 1.29 is 9.53 Å². The Morgan fingerprint density at radius 2 is 1.95 bits per heavy atom. The third kappa shape index (κ3) is 5.38. The molecule has 0 radical (unpaired) electrons. The van der Waals surface area contributed by atoms with Crippen molar-refractivity contribution in [1.29, 1.82) is 0 Å². The maximum Gasteiger partial charge on any atom is 0.310 e. The number of rotatable bonds is 6. The number of esters is 1. The summed E-state index contributed by atoms with van der Waals surface area (Å²) in [6, 6.07) is 13.9. The Hall–Kier alpha value is -2.16. The lowest BCUT2D eigenvalue weighted by molar-refractivity contribution is -0.142. The molecule has 0 saturated heterocycles. The summed E-state index contributed by atoms with van der Waals surface area (Å²) in [6.07, 6.45) is 1.97. The van der Waals surface area contributed by atoms with Crippen molar-refractivity contribution in [1.82, 2.24) is 4.98 Å². The van der Waals surface area contributed by atoms with E-state index in [1.807, 2.05) is 56.3 Å². The van der Waals surface area contributed by atoms with E-state index in [0.29, 0.717) is 13.0 Å². The molecule has 1 aromatic heterocycles. The molecular weight excluding hydrogens is 262 g/mol. The van der Waals surface area contributed by atoms with Gasteiger partial charge in [-0.05, 0) is 44.4 Å². The number of benzene rings is 1. The number of nitrogens with zero attached hydrogens (tertiary/aromatic N) is 1. The third-order valence-electron chi connectivity index (χ3n) is 3.22. The van der Waals surface area contributed by atoms with Gasteiger partial charge in [-0.3, -0.25) is 9.78 Å². The molecule has 0 aliphatic heterocycles. The van der Waals surface area contributed by atoms with Gasteiger partial charge in [-0.2, -0.15) is 0 Å². The highest BCUT2D eigenvalue weighted by Crippen LogP contribution is 2.06. The van der Waals surface area contributed by atoms with Gasteiger partial charge < -0.3 is 4.74 Å². The van der Waals surface area contributed by atoms with Crippen LogP contribution >= 0.6 is 0 Å². The Morgan fingerprint density at radius 1 is 1.14 bits per heavy atom. The minimum atomic E-state index is -0.169. The molecule has 2 rings (SSSR count). The van der Waals surface area contributed by atoms with Crippen LogP contribution in [0.3, 0.4) is 0 Å². The minimum Gasteiger partial charge on any atom is -0.465 e. The van der Waals surface area contributed by atoms with Crippen molar-refractivity contribution >= 4 is 5.97 Å². The second-order valence-electron chi connectivity index (χ2n) is 5.26. The molecule has 0 aliphatic carbocycles. The second-order valence-corrected chi connectivity index (χ2v) is 5.26. The lowest BCUT2D eigenvalue weighted by Crippen LogP contribution is -2.10. The fraction of sp³-hybridized carbons (Fsp3) is 0.333. The molecule has 0 N–H and O–H groups in total. The van der Waals surface area contributed by atoms with Crippen LogP contribution < -0.4 is 0 Å². The molecule has 0 bridgehead atoms. The Labute approximate surface area is 126 Å². The van der Waals surface area contributed by atoms with E-state index in [9.17, 15) is 4.79 Å². The Bertz CT molecular complexity index is 608. The van der Waals surface area contributed by atoms with Crippen LogP contribution in [0, 0.1) is 13.8 Å². The molecule has 0 unspecified atom stereocenters. The standard InChI is InChI=1S/C18H21NO2/c1-14-6-3-8-16(12-14)13-18(20)21-11-5-10-17-9-4-7-15(2)19-17/h3-4,6-9,12H,5,10-11,13H2,1-2H3. The van der Waals surface area contributed by atoms with Gasteiger partial charge in [0.1, 0.15) is 0 Å². The summed E-state index contributed by atoms with van der Waals surface area (Å²) in [6.45, 7) is 4.44. The van der Waals surface area contributed by atoms with E-state index in [1.165, 1.54) is 0 Å². The number of pyridine rings is 1. The van der Waals surface area contributed by atoms with Crippen molar-refractivity contribution in [2.75, 3.05) is 6.61 Å². The Balaban J connectivity index is 1.70. The molecule has 2 aromatic rings. The number of aryl methyl sites for hydroxylation is 3. The van der Waals surface area contributed by atoms with Crippen molar-refractivity contribution in [3.8, 4) is 0 Å². The molecule has 1 aromatic carbocycles. The molecule has 3 heteroatoms. The fourth-order valence-electron chi connectivity index (χ4n) is 2.22. The van der Waals surface area contributed by atoms with Crippen molar-refractivity contribution in [2.24, 2.45) is 0 Å². The number of aromatic nitrogens is 1. The van der Waals surface area contributed by atoms with Crippen LogP contribution in [-0.4, -0.2) is 17.6 Å². The van der Waals surface area contributed by atoms with Crippen LogP contribution in [0.1, 0.15) is 28.9 Å². The summed E-state index contributed by atoms with van der Waals surface area (Å²) in [4.78, 5) is 16.2. The molecule has 110 valence electrons. The van der Waals surface area contributed by atoms with E-state index in [0.717, 1.165) is 35.4 Å². The summed E-state index contributed by atoms with van der Waals surface area (Å²) in [7, 11) is 0. The van der Waals surface area contributed by atoms with Crippen molar-refractivity contribution in [2.45, 2.75) is 33.1 Å². The molecule has 0 aliphatic rings. The average molecular weight is 283 g/mol. The van der Waals surface area contributed by atoms with Gasteiger partial charge in [0.25, 0.3) is 0 Å². The predicted molar refractivity (Wildman–Crippen MR) is 83.1 cm³/mol. The number of hydrogen-bond acceptors (Lipinski definition) is 3. The summed E-state index contributed by atoms with van der Waals surface area (Å²) in [5, 5.41) is 0. The van der Waals surface area contributed by atoms with Crippen LogP contribution in [0.2, 0.25) is 0 Å². The van der Waals surface area contributed by atoms with E-state index < -0.39 is 0 Å². The number of carbonyl (C=O) groups is 1. The van der Waals surface area contributed by atoms with Gasteiger partial charge >= 0.3 is 5.97 Å². The van der Waals surface area contributed by atoms with Crippen molar-refractivity contribution in [3.63, 3.8) is 0 Å². The summed E-state index contributed by atoms with van der Waals surface area (Å²) in [5.74, 6) is -0.169. The molecule has 1 heterocycles. The Morgan fingerprint density at radius 3 is 2.71 bits per heavy atom. The van der Waals surface area contributed by atoms with E-state index in [1.54, 1.807) is 0 Å². The molecule has 21 heavy (non-hydrogen) atoms. The van der Waals surface area contributed by atoms with Gasteiger partial charge in [0.2, 0.25) is 0 Å². The molecule has 0 saturated carbocycles. The summed E-state index contributed by atoms with van der Waals surface area (Å²) < 4.78 is 5.27. The zero-order valence-corrected chi connectivity index (χ0v) is 12.6. The quantitative estimate of drug-likeness (QED) is 0.602. The van der Waals surface area contributed by atoms with E-state index in [-0.39, 0.29) is 5.97 Å². The Kier molecular flexibility index (Phi) is 5.50. The first-order chi connectivity index (χ1) is 10.1. The van der Waals surface area contributed by atoms with E-state index in [4.69, 9.17) is 4.74 Å². The van der Waals surface area contributed by atoms with Gasteiger partial charge in [0, 0.05) is 11.4 Å². The highest BCUT2D eigenvalue weighted by Gasteiger charge is 2.05. The highest BCUT2D eigenvalue weighted by atomic mass is 16.5. The van der Waals surface area contributed by atoms with Crippen LogP contribution in [0.15, 0.2) is 42.5 Å². The van der Waals surface area contributed by atoms with Crippen LogP contribution in [0.25, 0.3) is 0 Å². The largest absolute Gasteiger partial charge is 0.465 e. The number of ether oxygens (including phenoxy) is 1. The molecule has 0 spiro atoms. The minimum absolute atomic E-state index is 0.169. The monoisotopic (exact) mass is 283 g/mol. The van der Waals surface area contributed by atoms with Crippen LogP contribution in [-0.2, 0) is 22.4 Å². The van der Waals surface area contributed by atoms with Crippen LogP contribution in [0.5, 0.6) is 0 Å². The molecule has 0 fully saturated rings. The lowest BCUT2D eigenvalue weighted by atomic mass is 10.1. The van der Waals surface area contributed by atoms with E-state index >= 15 is 0 Å². The fourth-order valence-corrected chi connectivity index (χ4v) is 2.22. The zero-order chi connectivity index (χ0) is 15.1. The normalized spacial score (nSPS) is 10.4. The lowest BCUT2D eigenvalue weighted by Gasteiger charge is -2.06.